The number of Topliss-reactive ketones (excluding diaryl/α,β-unsaturated/α-hetero) is 1. The molecular weight excluding hydrogens is 354 g/mol. The average molecular weight is 375 g/mol. The normalized spacial score (nSPS) is 18.3. The van der Waals surface area contributed by atoms with Crippen LogP contribution in [0.15, 0.2) is 52.7 Å². The fourth-order valence-electron chi connectivity index (χ4n) is 3.86. The zero-order chi connectivity index (χ0) is 18.9. The molecule has 0 N–H and O–H groups in total. The number of aromatic nitrogens is 1. The number of carbonyl (C=O) groups excluding carboxylic acids is 1. The molecule has 7 heteroatoms. The lowest BCUT2D eigenvalue weighted by Crippen LogP contribution is -2.39. The molecular formula is C21H21N5O2. The maximum Gasteiger partial charge on any atom is 0.171 e. The van der Waals surface area contributed by atoms with E-state index in [0.717, 1.165) is 68.0 Å². The SMILES string of the molecule is O=C(CC1=Nc2cc(N3CCOCC3)ccc2C2=NCCN12)c1cccnc1. The molecule has 7 nitrogen and oxygen atoms in total. The number of hydrogen-bond donors (Lipinski definition) is 0. The highest BCUT2D eigenvalue weighted by atomic mass is 16.5. The van der Waals surface area contributed by atoms with Gasteiger partial charge in [0.1, 0.15) is 11.7 Å². The molecule has 0 amide bonds. The smallest absolute Gasteiger partial charge is 0.171 e. The third kappa shape index (κ3) is 3.07. The van der Waals surface area contributed by atoms with Crippen LogP contribution in [0.3, 0.4) is 0 Å². The summed E-state index contributed by atoms with van der Waals surface area (Å²) in [6.07, 6.45) is 3.52. The Bertz CT molecular complexity index is 964. The van der Waals surface area contributed by atoms with Crippen LogP contribution in [0, 0.1) is 0 Å². The number of nitrogens with zero attached hydrogens (tertiary/aromatic N) is 5. The lowest BCUT2D eigenvalue weighted by molar-refractivity contribution is 0.0998. The molecule has 3 aliphatic rings. The molecule has 0 unspecified atom stereocenters. The molecule has 0 radical (unpaired) electrons. The highest BCUT2D eigenvalue weighted by molar-refractivity contribution is 6.21. The van der Waals surface area contributed by atoms with Gasteiger partial charge in [0.25, 0.3) is 0 Å². The van der Waals surface area contributed by atoms with Gasteiger partial charge in [-0.15, -0.1) is 0 Å². The van der Waals surface area contributed by atoms with E-state index in [1.165, 1.54) is 0 Å². The monoisotopic (exact) mass is 375 g/mol. The van der Waals surface area contributed by atoms with E-state index in [2.05, 4.69) is 38.0 Å². The lowest BCUT2D eigenvalue weighted by atomic mass is 10.0. The number of fused-ring (bicyclic) bond motifs is 3. The van der Waals surface area contributed by atoms with Crippen molar-refractivity contribution < 1.29 is 9.53 Å². The Morgan fingerprint density at radius 1 is 1.14 bits per heavy atom. The number of hydrogen-bond acceptors (Lipinski definition) is 7. The highest BCUT2D eigenvalue weighted by Crippen LogP contribution is 2.33. The fraction of sp³-hybridized carbons (Fsp3) is 0.333. The molecule has 3 aliphatic heterocycles. The third-order valence-corrected chi connectivity index (χ3v) is 5.30. The molecule has 0 bridgehead atoms. The number of aliphatic imine (C=N–C) groups is 2. The fourth-order valence-corrected chi connectivity index (χ4v) is 3.86. The first-order valence-electron chi connectivity index (χ1n) is 9.59. The van der Waals surface area contributed by atoms with Gasteiger partial charge in [-0.05, 0) is 30.3 Å². The van der Waals surface area contributed by atoms with E-state index in [0.29, 0.717) is 5.56 Å². The first kappa shape index (κ1) is 17.1. The first-order valence-corrected chi connectivity index (χ1v) is 9.59. The van der Waals surface area contributed by atoms with Crippen molar-refractivity contribution in [2.24, 2.45) is 9.98 Å². The molecule has 1 aromatic carbocycles. The topological polar surface area (TPSA) is 70.4 Å². The van der Waals surface area contributed by atoms with Crippen LogP contribution in [-0.4, -0.2) is 66.7 Å². The quantitative estimate of drug-likeness (QED) is 0.767. The maximum absolute atomic E-state index is 12.7. The van der Waals surface area contributed by atoms with Gasteiger partial charge in [0.15, 0.2) is 5.78 Å². The minimum Gasteiger partial charge on any atom is -0.378 e. The van der Waals surface area contributed by atoms with Crippen molar-refractivity contribution in [3.63, 3.8) is 0 Å². The molecule has 28 heavy (non-hydrogen) atoms. The summed E-state index contributed by atoms with van der Waals surface area (Å²) in [6, 6.07) is 9.91. The minimum absolute atomic E-state index is 0.0193. The molecule has 142 valence electrons. The second kappa shape index (κ2) is 7.16. The molecule has 5 rings (SSSR count). The molecule has 1 fully saturated rings. The Kier molecular flexibility index (Phi) is 4.37. The zero-order valence-electron chi connectivity index (χ0n) is 15.5. The summed E-state index contributed by atoms with van der Waals surface area (Å²) in [5.74, 6) is 1.70. The van der Waals surface area contributed by atoms with Crippen molar-refractivity contribution in [1.29, 1.82) is 0 Å². The molecule has 0 saturated carbocycles. The van der Waals surface area contributed by atoms with Crippen molar-refractivity contribution >= 4 is 28.8 Å². The molecule has 2 aromatic rings. The molecule has 0 spiro atoms. The summed E-state index contributed by atoms with van der Waals surface area (Å²) in [6.45, 7) is 4.72. The first-order chi connectivity index (χ1) is 13.8. The Balaban J connectivity index is 1.48. The van der Waals surface area contributed by atoms with Crippen LogP contribution in [0.4, 0.5) is 11.4 Å². The number of pyridine rings is 1. The van der Waals surface area contributed by atoms with Gasteiger partial charge in [0.05, 0.1) is 31.9 Å². The average Bonchev–Trinajstić information content (AvgIpc) is 3.25. The van der Waals surface area contributed by atoms with Crippen LogP contribution < -0.4 is 4.90 Å². The van der Waals surface area contributed by atoms with Crippen LogP contribution in [0.1, 0.15) is 22.3 Å². The second-order valence-corrected chi connectivity index (χ2v) is 7.03. The van der Waals surface area contributed by atoms with Crippen molar-refractivity contribution in [2.45, 2.75) is 6.42 Å². The van der Waals surface area contributed by atoms with Gasteiger partial charge in [-0.25, -0.2) is 4.99 Å². The van der Waals surface area contributed by atoms with Crippen molar-refractivity contribution in [3.05, 3.63) is 53.9 Å². The van der Waals surface area contributed by atoms with Crippen molar-refractivity contribution in [3.8, 4) is 0 Å². The molecule has 1 saturated heterocycles. The standard InChI is InChI=1S/C21H21N5O2/c27-19(15-2-1-5-22-14-15)13-20-24-18-12-16(25-8-10-28-11-9-25)3-4-17(18)21-23-6-7-26(20)21/h1-5,12,14H,6-11,13H2. The molecule has 4 heterocycles. The van der Waals surface area contributed by atoms with Crippen LogP contribution in [0.5, 0.6) is 0 Å². The van der Waals surface area contributed by atoms with Crippen LogP contribution in [0.25, 0.3) is 0 Å². The number of anilines is 1. The van der Waals surface area contributed by atoms with E-state index in [-0.39, 0.29) is 12.2 Å². The number of amidine groups is 2. The third-order valence-electron chi connectivity index (χ3n) is 5.30. The van der Waals surface area contributed by atoms with Gasteiger partial charge < -0.3 is 14.5 Å². The minimum atomic E-state index is 0.0193. The lowest BCUT2D eigenvalue weighted by Gasteiger charge is -2.31. The van der Waals surface area contributed by atoms with Gasteiger partial charge in [0.2, 0.25) is 0 Å². The summed E-state index contributed by atoms with van der Waals surface area (Å²) in [7, 11) is 0. The summed E-state index contributed by atoms with van der Waals surface area (Å²) in [5, 5.41) is 0. The molecule has 0 aliphatic carbocycles. The Morgan fingerprint density at radius 3 is 2.86 bits per heavy atom. The summed E-state index contributed by atoms with van der Waals surface area (Å²) >= 11 is 0. The van der Waals surface area contributed by atoms with Gasteiger partial charge in [-0.1, -0.05) is 0 Å². The van der Waals surface area contributed by atoms with E-state index >= 15 is 0 Å². The largest absolute Gasteiger partial charge is 0.378 e. The van der Waals surface area contributed by atoms with Crippen LogP contribution in [-0.2, 0) is 4.74 Å². The van der Waals surface area contributed by atoms with E-state index < -0.39 is 0 Å². The Morgan fingerprint density at radius 2 is 2.04 bits per heavy atom. The van der Waals surface area contributed by atoms with Crippen molar-refractivity contribution in [2.75, 3.05) is 44.3 Å². The van der Waals surface area contributed by atoms with Crippen LogP contribution in [0.2, 0.25) is 0 Å². The molecule has 0 atom stereocenters. The van der Waals surface area contributed by atoms with E-state index in [1.807, 2.05) is 0 Å². The van der Waals surface area contributed by atoms with Gasteiger partial charge in [-0.2, -0.15) is 0 Å². The van der Waals surface area contributed by atoms with Crippen molar-refractivity contribution in [1.82, 2.24) is 9.88 Å². The predicted molar refractivity (Wildman–Crippen MR) is 108 cm³/mol. The Hall–Kier alpha value is -3.06. The van der Waals surface area contributed by atoms with Gasteiger partial charge in [0, 0.05) is 48.8 Å². The van der Waals surface area contributed by atoms with Gasteiger partial charge in [-0.3, -0.25) is 14.8 Å². The molecule has 1 aromatic heterocycles. The zero-order valence-corrected chi connectivity index (χ0v) is 15.5. The van der Waals surface area contributed by atoms with E-state index in [1.54, 1.807) is 24.5 Å². The number of carbonyl (C=O) groups is 1. The summed E-state index contributed by atoms with van der Waals surface area (Å²) in [4.78, 5) is 30.7. The highest BCUT2D eigenvalue weighted by Gasteiger charge is 2.31. The van der Waals surface area contributed by atoms with Crippen LogP contribution >= 0.6 is 0 Å². The summed E-state index contributed by atoms with van der Waals surface area (Å²) in [5.41, 5.74) is 3.66. The predicted octanol–water partition coefficient (Wildman–Crippen LogP) is 2.30. The number of ether oxygens (including phenoxy) is 1. The summed E-state index contributed by atoms with van der Waals surface area (Å²) < 4.78 is 5.46. The Labute approximate surface area is 163 Å². The number of morpholine rings is 1. The number of ketones is 1. The second-order valence-electron chi connectivity index (χ2n) is 7.03. The van der Waals surface area contributed by atoms with E-state index in [4.69, 9.17) is 9.73 Å². The maximum atomic E-state index is 12.7. The number of benzene rings is 1. The van der Waals surface area contributed by atoms with E-state index in [9.17, 15) is 4.79 Å². The van der Waals surface area contributed by atoms with Gasteiger partial charge >= 0.3 is 0 Å². The number of rotatable bonds is 4.